The van der Waals surface area contributed by atoms with Gasteiger partial charge >= 0.3 is 0 Å². The third-order valence-corrected chi connectivity index (χ3v) is 6.55. The lowest BCUT2D eigenvalue weighted by Crippen LogP contribution is -2.51. The quantitative estimate of drug-likeness (QED) is 0.332. The van der Waals surface area contributed by atoms with E-state index in [1.54, 1.807) is 4.90 Å². The van der Waals surface area contributed by atoms with Crippen molar-refractivity contribution in [3.8, 4) is 0 Å². The van der Waals surface area contributed by atoms with Crippen LogP contribution in [0.2, 0.25) is 5.02 Å². The fourth-order valence-electron chi connectivity index (χ4n) is 4.04. The van der Waals surface area contributed by atoms with Crippen molar-refractivity contribution in [2.45, 2.75) is 59.0 Å². The van der Waals surface area contributed by atoms with Crippen molar-refractivity contribution in [2.24, 2.45) is 0 Å². The lowest BCUT2D eigenvalue weighted by Gasteiger charge is -2.32. The highest BCUT2D eigenvalue weighted by Gasteiger charge is 2.30. The van der Waals surface area contributed by atoms with E-state index in [9.17, 15) is 9.59 Å². The van der Waals surface area contributed by atoms with E-state index in [2.05, 4.69) is 25.2 Å². The van der Waals surface area contributed by atoms with E-state index in [0.29, 0.717) is 24.5 Å². The molecule has 5 heteroatoms. The minimum atomic E-state index is -0.621. The number of rotatable bonds is 11. The largest absolute Gasteiger partial charge is 0.354 e. The zero-order chi connectivity index (χ0) is 25.2. The van der Waals surface area contributed by atoms with Gasteiger partial charge in [-0.15, -0.1) is 0 Å². The first-order valence-electron chi connectivity index (χ1n) is 12.3. The Morgan fingerprint density at radius 2 is 1.57 bits per heavy atom. The van der Waals surface area contributed by atoms with E-state index in [0.717, 1.165) is 35.1 Å². The zero-order valence-corrected chi connectivity index (χ0v) is 21.6. The molecule has 1 unspecified atom stereocenters. The Hall–Kier alpha value is -3.11. The number of hydrogen-bond acceptors (Lipinski definition) is 2. The molecule has 0 aromatic heterocycles. The lowest BCUT2D eigenvalue weighted by molar-refractivity contribution is -0.140. The summed E-state index contributed by atoms with van der Waals surface area (Å²) in [6.07, 6.45) is 2.58. The Bertz CT molecular complexity index is 1110. The minimum Gasteiger partial charge on any atom is -0.354 e. The summed E-state index contributed by atoms with van der Waals surface area (Å²) in [5.74, 6) is -0.195. The van der Waals surface area contributed by atoms with E-state index in [4.69, 9.17) is 11.6 Å². The molecule has 0 saturated heterocycles. The second-order valence-electron chi connectivity index (χ2n) is 9.09. The molecule has 3 aromatic carbocycles. The second kappa shape index (κ2) is 13.1. The molecule has 0 spiro atoms. The van der Waals surface area contributed by atoms with Crippen LogP contribution >= 0.6 is 11.6 Å². The highest BCUT2D eigenvalue weighted by atomic mass is 35.5. The normalized spacial score (nSPS) is 11.7. The average Bonchev–Trinajstić information content (AvgIpc) is 2.85. The summed E-state index contributed by atoms with van der Waals surface area (Å²) >= 11 is 6.09. The summed E-state index contributed by atoms with van der Waals surface area (Å²) in [7, 11) is 0. The van der Waals surface area contributed by atoms with Gasteiger partial charge in [-0.2, -0.15) is 0 Å². The molecule has 0 heterocycles. The highest BCUT2D eigenvalue weighted by molar-refractivity contribution is 6.30. The van der Waals surface area contributed by atoms with E-state index in [1.165, 1.54) is 5.56 Å². The zero-order valence-electron chi connectivity index (χ0n) is 20.9. The Labute approximate surface area is 214 Å². The van der Waals surface area contributed by atoms with Gasteiger partial charge in [0, 0.05) is 24.5 Å². The summed E-state index contributed by atoms with van der Waals surface area (Å²) in [6, 6.07) is 22.8. The third-order valence-electron chi connectivity index (χ3n) is 6.29. The number of aryl methyl sites for hydroxylation is 2. The Kier molecular flexibility index (Phi) is 9.92. The Morgan fingerprint density at radius 1 is 0.886 bits per heavy atom. The predicted molar refractivity (Wildman–Crippen MR) is 143 cm³/mol. The van der Waals surface area contributed by atoms with Crippen LogP contribution in [0.3, 0.4) is 0 Å². The molecule has 2 amide bonds. The molecular formula is C30H35ClN2O2. The molecule has 3 aromatic rings. The summed E-state index contributed by atoms with van der Waals surface area (Å²) in [4.78, 5) is 28.9. The van der Waals surface area contributed by atoms with Crippen molar-refractivity contribution in [3.63, 3.8) is 0 Å². The molecule has 184 valence electrons. The number of nitrogens with one attached hydrogen (secondary N) is 1. The molecule has 1 N–H and O–H groups in total. The highest BCUT2D eigenvalue weighted by Crippen LogP contribution is 2.19. The fourth-order valence-corrected chi connectivity index (χ4v) is 4.16. The third kappa shape index (κ3) is 7.97. The number of halogens is 1. The van der Waals surface area contributed by atoms with E-state index in [-0.39, 0.29) is 18.2 Å². The first kappa shape index (κ1) is 26.5. The van der Waals surface area contributed by atoms with Crippen molar-refractivity contribution >= 4 is 23.4 Å². The maximum Gasteiger partial charge on any atom is 0.243 e. The topological polar surface area (TPSA) is 49.4 Å². The van der Waals surface area contributed by atoms with Gasteiger partial charge in [0.15, 0.2) is 0 Å². The lowest BCUT2D eigenvalue weighted by atomic mass is 10.00. The van der Waals surface area contributed by atoms with Crippen molar-refractivity contribution in [1.82, 2.24) is 10.2 Å². The van der Waals surface area contributed by atoms with Gasteiger partial charge in [-0.25, -0.2) is 0 Å². The molecule has 0 radical (unpaired) electrons. The molecule has 35 heavy (non-hydrogen) atoms. The van der Waals surface area contributed by atoms with Crippen LogP contribution in [0.25, 0.3) is 0 Å². The molecule has 1 atom stereocenters. The predicted octanol–water partition coefficient (Wildman–Crippen LogP) is 6.06. The van der Waals surface area contributed by atoms with Crippen LogP contribution in [0, 0.1) is 13.8 Å². The average molecular weight is 491 g/mol. The van der Waals surface area contributed by atoms with Gasteiger partial charge in [0.05, 0.1) is 6.42 Å². The summed E-state index contributed by atoms with van der Waals surface area (Å²) in [5, 5.41) is 3.70. The molecule has 0 aliphatic rings. The van der Waals surface area contributed by atoms with Crippen LogP contribution in [0.1, 0.15) is 47.6 Å². The van der Waals surface area contributed by atoms with Gasteiger partial charge in [-0.05, 0) is 60.2 Å². The standard InChI is InChI=1S/C30H35ClN2O2/c1-4-5-17-32-30(35)28(19-24-9-7-6-8-10-24)33(21-25-13-15-27(31)16-14-25)29(34)20-26-12-11-22(2)23(3)18-26/h6-16,18,28H,4-5,17,19-21H2,1-3H3,(H,32,35). The van der Waals surface area contributed by atoms with Gasteiger partial charge in [0.2, 0.25) is 11.8 Å². The monoisotopic (exact) mass is 490 g/mol. The molecule has 3 rings (SSSR count). The molecular weight excluding hydrogens is 456 g/mol. The van der Waals surface area contributed by atoms with Crippen LogP contribution in [0.4, 0.5) is 0 Å². The van der Waals surface area contributed by atoms with Crippen LogP contribution in [0.5, 0.6) is 0 Å². The SMILES string of the molecule is CCCCNC(=O)C(Cc1ccccc1)N(Cc1ccc(Cl)cc1)C(=O)Cc1ccc(C)c(C)c1. The summed E-state index contributed by atoms with van der Waals surface area (Å²) < 4.78 is 0. The van der Waals surface area contributed by atoms with Crippen LogP contribution in [-0.4, -0.2) is 29.3 Å². The Morgan fingerprint density at radius 3 is 2.23 bits per heavy atom. The van der Waals surface area contributed by atoms with Crippen LogP contribution in [-0.2, 0) is 29.0 Å². The second-order valence-corrected chi connectivity index (χ2v) is 9.53. The molecule has 4 nitrogen and oxygen atoms in total. The number of amides is 2. The van der Waals surface area contributed by atoms with Crippen LogP contribution < -0.4 is 5.32 Å². The van der Waals surface area contributed by atoms with Crippen molar-refractivity contribution in [2.75, 3.05) is 6.54 Å². The first-order valence-corrected chi connectivity index (χ1v) is 12.7. The number of unbranched alkanes of at least 4 members (excludes halogenated alkanes) is 1. The van der Waals surface area contributed by atoms with E-state index >= 15 is 0 Å². The molecule has 0 saturated carbocycles. The number of carbonyl (C=O) groups excluding carboxylic acids is 2. The maximum atomic E-state index is 13.8. The summed E-state index contributed by atoms with van der Waals surface area (Å²) in [6.45, 7) is 7.13. The maximum absolute atomic E-state index is 13.8. The summed E-state index contributed by atoms with van der Waals surface area (Å²) in [5.41, 5.74) is 5.24. The Balaban J connectivity index is 1.94. The molecule has 0 bridgehead atoms. The van der Waals surface area contributed by atoms with Gasteiger partial charge in [0.1, 0.15) is 6.04 Å². The van der Waals surface area contributed by atoms with Crippen molar-refractivity contribution < 1.29 is 9.59 Å². The van der Waals surface area contributed by atoms with Gasteiger partial charge in [-0.1, -0.05) is 85.6 Å². The van der Waals surface area contributed by atoms with E-state index in [1.807, 2.05) is 73.7 Å². The van der Waals surface area contributed by atoms with Gasteiger partial charge in [-0.3, -0.25) is 9.59 Å². The number of carbonyl (C=O) groups is 2. The fraction of sp³-hybridized carbons (Fsp3) is 0.333. The van der Waals surface area contributed by atoms with Gasteiger partial charge in [0.25, 0.3) is 0 Å². The number of hydrogen-bond donors (Lipinski definition) is 1. The smallest absolute Gasteiger partial charge is 0.243 e. The molecule has 0 aliphatic heterocycles. The number of nitrogens with zero attached hydrogens (tertiary/aromatic N) is 1. The molecule has 0 aliphatic carbocycles. The van der Waals surface area contributed by atoms with Crippen molar-refractivity contribution in [1.29, 1.82) is 0 Å². The number of benzene rings is 3. The van der Waals surface area contributed by atoms with Gasteiger partial charge < -0.3 is 10.2 Å². The first-order chi connectivity index (χ1) is 16.9. The van der Waals surface area contributed by atoms with Crippen molar-refractivity contribution in [3.05, 3.63) is 106 Å². The molecule has 0 fully saturated rings. The minimum absolute atomic E-state index is 0.0743. The van der Waals surface area contributed by atoms with E-state index < -0.39 is 6.04 Å². The van der Waals surface area contributed by atoms with Crippen LogP contribution in [0.15, 0.2) is 72.8 Å².